The van der Waals surface area contributed by atoms with Crippen LogP contribution in [0, 0.1) is 17.1 Å². The number of nitrogens with two attached hydrogens (primary N) is 1. The molecule has 186 valence electrons. The Hall–Kier alpha value is -4.42. The Balaban J connectivity index is 1.66. The molecule has 10 heteroatoms. The van der Waals surface area contributed by atoms with Crippen LogP contribution >= 0.6 is 11.6 Å². The summed E-state index contributed by atoms with van der Waals surface area (Å²) in [6.45, 7) is 4.53. The van der Waals surface area contributed by atoms with E-state index in [0.717, 1.165) is 5.39 Å². The average molecular weight is 517 g/mol. The van der Waals surface area contributed by atoms with Crippen molar-refractivity contribution in [2.24, 2.45) is 0 Å². The molecule has 5 rings (SSSR count). The monoisotopic (exact) mass is 516 g/mol. The van der Waals surface area contributed by atoms with Crippen molar-refractivity contribution in [3.63, 3.8) is 0 Å². The van der Waals surface area contributed by atoms with Crippen LogP contribution in [0.4, 0.5) is 16.2 Å². The van der Waals surface area contributed by atoms with E-state index < -0.39 is 11.9 Å². The zero-order chi connectivity index (χ0) is 26.3. The number of anilines is 2. The van der Waals surface area contributed by atoms with E-state index >= 15 is 4.39 Å². The summed E-state index contributed by atoms with van der Waals surface area (Å²) in [7, 11) is 0. The van der Waals surface area contributed by atoms with Gasteiger partial charge in [-0.1, -0.05) is 42.4 Å². The third kappa shape index (κ3) is 4.26. The largest absolute Gasteiger partial charge is 0.508 e. The smallest absolute Gasteiger partial charge is 0.246 e. The molecule has 8 nitrogen and oxygen atoms in total. The summed E-state index contributed by atoms with van der Waals surface area (Å²) in [5.41, 5.74) is 6.51. The van der Waals surface area contributed by atoms with Crippen molar-refractivity contribution < 1.29 is 14.3 Å². The number of nitrogens with zero attached hydrogens (tertiary/aromatic N) is 5. The van der Waals surface area contributed by atoms with E-state index in [4.69, 9.17) is 17.3 Å². The quantitative estimate of drug-likeness (QED) is 0.379. The number of nitrogen functional groups attached to an aromatic ring is 1. The molecule has 3 N–H and O–H groups in total. The lowest BCUT2D eigenvalue weighted by molar-refractivity contribution is -0.128. The highest BCUT2D eigenvalue weighted by atomic mass is 35.5. The van der Waals surface area contributed by atoms with E-state index in [1.165, 1.54) is 12.1 Å². The Morgan fingerprint density at radius 2 is 2.05 bits per heavy atom. The van der Waals surface area contributed by atoms with E-state index in [-0.39, 0.29) is 46.7 Å². The molecule has 1 atom stereocenters. The Labute approximate surface area is 217 Å². The van der Waals surface area contributed by atoms with Crippen LogP contribution < -0.4 is 10.6 Å². The van der Waals surface area contributed by atoms with Crippen molar-refractivity contribution >= 4 is 50.9 Å². The zero-order valence-electron chi connectivity index (χ0n) is 19.7. The number of hydrogen-bond acceptors (Lipinski definition) is 7. The Bertz CT molecular complexity index is 1620. The van der Waals surface area contributed by atoms with Gasteiger partial charge in [0.2, 0.25) is 11.9 Å². The van der Waals surface area contributed by atoms with Gasteiger partial charge >= 0.3 is 0 Å². The van der Waals surface area contributed by atoms with Crippen LogP contribution in [-0.4, -0.2) is 51.6 Å². The Morgan fingerprint density at radius 3 is 2.81 bits per heavy atom. The number of nitriles is 1. The van der Waals surface area contributed by atoms with Crippen LogP contribution in [0.1, 0.15) is 6.42 Å². The van der Waals surface area contributed by atoms with Gasteiger partial charge in [-0.15, -0.1) is 0 Å². The predicted molar refractivity (Wildman–Crippen MR) is 142 cm³/mol. The molecule has 3 aromatic carbocycles. The topological polar surface area (TPSA) is 119 Å². The van der Waals surface area contributed by atoms with Gasteiger partial charge < -0.3 is 20.6 Å². The highest BCUT2D eigenvalue weighted by Crippen LogP contribution is 2.42. The van der Waals surface area contributed by atoms with E-state index in [1.54, 1.807) is 17.0 Å². The molecule has 0 spiro atoms. The van der Waals surface area contributed by atoms with Gasteiger partial charge in [-0.05, 0) is 40.6 Å². The molecule has 0 saturated carbocycles. The molecular weight excluding hydrogens is 495 g/mol. The van der Waals surface area contributed by atoms with Crippen molar-refractivity contribution in [2.75, 3.05) is 30.3 Å². The van der Waals surface area contributed by atoms with Gasteiger partial charge in [0, 0.05) is 30.6 Å². The molecule has 37 heavy (non-hydrogen) atoms. The van der Waals surface area contributed by atoms with Crippen LogP contribution in [0.5, 0.6) is 5.75 Å². The number of phenolic OH excluding ortho intramolecular Hbond substituents is 1. The lowest BCUT2D eigenvalue weighted by Gasteiger charge is -2.41. The van der Waals surface area contributed by atoms with Crippen LogP contribution in [0.3, 0.4) is 0 Å². The summed E-state index contributed by atoms with van der Waals surface area (Å²) < 4.78 is 16.2. The second kappa shape index (κ2) is 9.56. The van der Waals surface area contributed by atoms with Gasteiger partial charge in [0.1, 0.15) is 17.1 Å². The first-order valence-electron chi connectivity index (χ1n) is 11.5. The Morgan fingerprint density at radius 1 is 1.27 bits per heavy atom. The summed E-state index contributed by atoms with van der Waals surface area (Å²) in [5, 5.41) is 21.5. The molecule has 4 aromatic rings. The fraction of sp³-hybridized carbons (Fsp3) is 0.185. The molecular formula is C27H22ClFN6O2. The number of fused-ring (bicyclic) bond motifs is 2. The first-order valence-corrected chi connectivity index (χ1v) is 11.9. The molecule has 0 aliphatic carbocycles. The fourth-order valence-corrected chi connectivity index (χ4v) is 5.22. The van der Waals surface area contributed by atoms with Crippen LogP contribution in [0.25, 0.3) is 32.8 Å². The zero-order valence-corrected chi connectivity index (χ0v) is 20.4. The summed E-state index contributed by atoms with van der Waals surface area (Å²) in [6, 6.07) is 13.6. The van der Waals surface area contributed by atoms with Crippen LogP contribution in [-0.2, 0) is 4.79 Å². The molecule has 1 amide bonds. The van der Waals surface area contributed by atoms with Crippen molar-refractivity contribution in [1.29, 1.82) is 5.26 Å². The Kier molecular flexibility index (Phi) is 6.27. The third-order valence-corrected chi connectivity index (χ3v) is 6.86. The first kappa shape index (κ1) is 24.3. The summed E-state index contributed by atoms with van der Waals surface area (Å²) in [4.78, 5) is 24.3. The molecule has 0 radical (unpaired) electrons. The third-order valence-electron chi connectivity index (χ3n) is 6.56. The van der Waals surface area contributed by atoms with Crippen molar-refractivity contribution in [3.8, 4) is 22.9 Å². The molecule has 0 unspecified atom stereocenters. The van der Waals surface area contributed by atoms with Gasteiger partial charge in [-0.25, -0.2) is 9.37 Å². The average Bonchev–Trinajstić information content (AvgIpc) is 2.88. The number of carbonyl (C=O) groups is 1. The standard InChI is InChI=1S/C27H22ClFN6O2/c1-2-22(37)35-10-9-34(14-16(35)7-8-30)26-20-13-21(28)23(24(29)25(20)32-27(31)33-26)19-12-17(36)11-15-5-3-4-6-18(15)19/h2-6,11-13,16,36H,1,7,9-10,14H2,(H2,31,32,33)/t16-/m0/s1. The van der Waals surface area contributed by atoms with Gasteiger partial charge in [0.25, 0.3) is 0 Å². The minimum Gasteiger partial charge on any atom is -0.508 e. The van der Waals surface area contributed by atoms with Gasteiger partial charge in [-0.3, -0.25) is 4.79 Å². The first-order chi connectivity index (χ1) is 17.8. The minimum atomic E-state index is -0.692. The highest BCUT2D eigenvalue weighted by molar-refractivity contribution is 6.35. The van der Waals surface area contributed by atoms with E-state index in [0.29, 0.717) is 35.2 Å². The van der Waals surface area contributed by atoms with Crippen LogP contribution in [0.2, 0.25) is 5.02 Å². The number of phenols is 1. The van der Waals surface area contributed by atoms with Crippen molar-refractivity contribution in [3.05, 3.63) is 66.0 Å². The maximum atomic E-state index is 16.2. The lowest BCUT2D eigenvalue weighted by atomic mass is 9.96. The number of amides is 1. The minimum absolute atomic E-state index is 0.0178. The van der Waals surface area contributed by atoms with Crippen LogP contribution in [0.15, 0.2) is 55.1 Å². The summed E-state index contributed by atoms with van der Waals surface area (Å²) in [6.07, 6.45) is 1.33. The lowest BCUT2D eigenvalue weighted by Crippen LogP contribution is -2.55. The SMILES string of the molecule is C=CC(=O)N1CCN(c2nc(N)nc3c(F)c(-c4cc(O)cc5ccccc45)c(Cl)cc23)C[C@@H]1CC#N. The molecule has 2 heterocycles. The summed E-state index contributed by atoms with van der Waals surface area (Å²) in [5.74, 6) is -0.740. The van der Waals surface area contributed by atoms with E-state index in [2.05, 4.69) is 22.6 Å². The highest BCUT2D eigenvalue weighted by Gasteiger charge is 2.31. The molecule has 0 bridgehead atoms. The second-order valence-corrected chi connectivity index (χ2v) is 9.17. The number of aromatic nitrogens is 2. The van der Waals surface area contributed by atoms with E-state index in [9.17, 15) is 15.2 Å². The van der Waals surface area contributed by atoms with Crippen molar-refractivity contribution in [1.82, 2.24) is 14.9 Å². The molecule has 1 aliphatic heterocycles. The predicted octanol–water partition coefficient (Wildman–Crippen LogP) is 4.65. The van der Waals surface area contributed by atoms with Gasteiger partial charge in [-0.2, -0.15) is 10.2 Å². The van der Waals surface area contributed by atoms with Crippen molar-refractivity contribution in [2.45, 2.75) is 12.5 Å². The number of rotatable bonds is 4. The number of aromatic hydroxyl groups is 1. The number of piperazine rings is 1. The summed E-state index contributed by atoms with van der Waals surface area (Å²) >= 11 is 6.67. The maximum Gasteiger partial charge on any atom is 0.246 e. The normalized spacial score (nSPS) is 15.6. The number of carbonyl (C=O) groups excluding carboxylic acids is 1. The molecule has 1 fully saturated rings. The van der Waals surface area contributed by atoms with E-state index in [1.807, 2.05) is 29.2 Å². The second-order valence-electron chi connectivity index (χ2n) is 8.76. The van der Waals surface area contributed by atoms with Gasteiger partial charge in [0.15, 0.2) is 5.82 Å². The maximum absolute atomic E-state index is 16.2. The number of hydrogen-bond donors (Lipinski definition) is 2. The van der Waals surface area contributed by atoms with Gasteiger partial charge in [0.05, 0.1) is 23.6 Å². The fourth-order valence-electron chi connectivity index (χ4n) is 4.92. The number of benzene rings is 3. The number of halogens is 2. The molecule has 1 saturated heterocycles. The molecule has 1 aromatic heterocycles. The molecule has 1 aliphatic rings.